The Morgan fingerprint density at radius 2 is 2.05 bits per heavy atom. The number of rotatable bonds is 4. The summed E-state index contributed by atoms with van der Waals surface area (Å²) in [5.41, 5.74) is 8.61. The maximum Gasteiger partial charge on any atom is 0.0735 e. The SMILES string of the molecule is Cc1cc2c(NCC(O)C(C)C)ccc(N)c2cn1. The van der Waals surface area contributed by atoms with Gasteiger partial charge >= 0.3 is 0 Å². The first-order valence-corrected chi connectivity index (χ1v) is 6.56. The van der Waals surface area contributed by atoms with Crippen LogP contribution in [0.1, 0.15) is 19.5 Å². The van der Waals surface area contributed by atoms with Crippen LogP contribution in [-0.4, -0.2) is 22.7 Å². The predicted molar refractivity (Wildman–Crippen MR) is 80.2 cm³/mol. The molecule has 0 fully saturated rings. The number of nitrogens with one attached hydrogen (secondary N) is 1. The van der Waals surface area contributed by atoms with Crippen molar-refractivity contribution >= 4 is 22.1 Å². The Bertz CT molecular complexity index is 581. The molecule has 102 valence electrons. The summed E-state index contributed by atoms with van der Waals surface area (Å²) in [6, 6.07) is 5.82. The van der Waals surface area contributed by atoms with E-state index in [0.717, 1.165) is 27.8 Å². The second-order valence-electron chi connectivity index (χ2n) is 5.27. The van der Waals surface area contributed by atoms with Gasteiger partial charge in [-0.3, -0.25) is 4.98 Å². The molecule has 0 aliphatic carbocycles. The molecular formula is C15H21N3O. The van der Waals surface area contributed by atoms with Crippen molar-refractivity contribution in [1.82, 2.24) is 4.98 Å². The second-order valence-corrected chi connectivity index (χ2v) is 5.27. The van der Waals surface area contributed by atoms with E-state index >= 15 is 0 Å². The fraction of sp³-hybridized carbons (Fsp3) is 0.400. The summed E-state index contributed by atoms with van der Waals surface area (Å²) >= 11 is 0. The van der Waals surface area contributed by atoms with Crippen LogP contribution in [-0.2, 0) is 0 Å². The van der Waals surface area contributed by atoms with Gasteiger partial charge in [0.1, 0.15) is 0 Å². The van der Waals surface area contributed by atoms with E-state index in [2.05, 4.69) is 10.3 Å². The average molecular weight is 259 g/mol. The first-order valence-electron chi connectivity index (χ1n) is 6.56. The van der Waals surface area contributed by atoms with Gasteiger partial charge < -0.3 is 16.2 Å². The van der Waals surface area contributed by atoms with Gasteiger partial charge in [0.2, 0.25) is 0 Å². The monoisotopic (exact) mass is 259 g/mol. The van der Waals surface area contributed by atoms with E-state index in [-0.39, 0.29) is 12.0 Å². The molecule has 0 bridgehead atoms. The van der Waals surface area contributed by atoms with Gasteiger partial charge in [0.25, 0.3) is 0 Å². The third-order valence-corrected chi connectivity index (χ3v) is 3.34. The highest BCUT2D eigenvalue weighted by Crippen LogP contribution is 2.28. The molecule has 0 saturated carbocycles. The Balaban J connectivity index is 2.33. The molecule has 1 aromatic heterocycles. The molecule has 0 spiro atoms. The van der Waals surface area contributed by atoms with Gasteiger partial charge in [0.15, 0.2) is 0 Å². The Kier molecular flexibility index (Phi) is 3.90. The third-order valence-electron chi connectivity index (χ3n) is 3.34. The topological polar surface area (TPSA) is 71.2 Å². The highest BCUT2D eigenvalue weighted by molar-refractivity contribution is 6.00. The second kappa shape index (κ2) is 5.45. The Morgan fingerprint density at radius 3 is 2.74 bits per heavy atom. The molecule has 4 heteroatoms. The average Bonchev–Trinajstić information content (AvgIpc) is 2.37. The summed E-state index contributed by atoms with van der Waals surface area (Å²) in [7, 11) is 0. The summed E-state index contributed by atoms with van der Waals surface area (Å²) in [6.45, 7) is 6.48. The number of aryl methyl sites for hydroxylation is 1. The number of aromatic nitrogens is 1. The third kappa shape index (κ3) is 2.96. The molecule has 0 aliphatic heterocycles. The smallest absolute Gasteiger partial charge is 0.0735 e. The van der Waals surface area contributed by atoms with E-state index in [1.807, 2.05) is 39.0 Å². The van der Waals surface area contributed by atoms with E-state index < -0.39 is 0 Å². The number of hydrogen-bond donors (Lipinski definition) is 3. The maximum absolute atomic E-state index is 9.87. The number of hydrogen-bond acceptors (Lipinski definition) is 4. The van der Waals surface area contributed by atoms with Crippen LogP contribution < -0.4 is 11.1 Å². The van der Waals surface area contributed by atoms with Crippen molar-refractivity contribution in [2.45, 2.75) is 26.9 Å². The lowest BCUT2D eigenvalue weighted by atomic mass is 10.1. The number of aliphatic hydroxyl groups is 1. The fourth-order valence-corrected chi connectivity index (χ4v) is 1.97. The predicted octanol–water partition coefficient (Wildman–Crippen LogP) is 2.55. The van der Waals surface area contributed by atoms with Crippen molar-refractivity contribution in [3.63, 3.8) is 0 Å². The lowest BCUT2D eigenvalue weighted by molar-refractivity contribution is 0.138. The van der Waals surface area contributed by atoms with Crippen LogP contribution in [0, 0.1) is 12.8 Å². The van der Waals surface area contributed by atoms with E-state index in [1.54, 1.807) is 6.20 Å². The molecule has 0 aliphatic rings. The van der Waals surface area contributed by atoms with Crippen LogP contribution in [0.3, 0.4) is 0 Å². The molecule has 4 nitrogen and oxygen atoms in total. The normalized spacial score (nSPS) is 12.9. The van der Waals surface area contributed by atoms with Crippen LogP contribution in [0.25, 0.3) is 10.8 Å². The molecule has 1 unspecified atom stereocenters. The van der Waals surface area contributed by atoms with Gasteiger partial charge in [-0.25, -0.2) is 0 Å². The maximum atomic E-state index is 9.87. The quantitative estimate of drug-likeness (QED) is 0.738. The van der Waals surface area contributed by atoms with Gasteiger partial charge in [-0.15, -0.1) is 0 Å². The summed E-state index contributed by atoms with van der Waals surface area (Å²) in [6.07, 6.45) is 1.43. The molecular weight excluding hydrogens is 238 g/mol. The van der Waals surface area contributed by atoms with Crippen LogP contribution in [0.2, 0.25) is 0 Å². The summed E-state index contributed by atoms with van der Waals surface area (Å²) < 4.78 is 0. The van der Waals surface area contributed by atoms with E-state index in [0.29, 0.717) is 6.54 Å². The molecule has 19 heavy (non-hydrogen) atoms. The van der Waals surface area contributed by atoms with Crippen LogP contribution in [0.15, 0.2) is 24.4 Å². The number of pyridine rings is 1. The number of aliphatic hydroxyl groups excluding tert-OH is 1. The van der Waals surface area contributed by atoms with Gasteiger partial charge in [0.05, 0.1) is 6.10 Å². The molecule has 1 atom stereocenters. The summed E-state index contributed by atoms with van der Waals surface area (Å²) in [5.74, 6) is 0.232. The van der Waals surface area contributed by atoms with Crippen LogP contribution in [0.4, 0.5) is 11.4 Å². The number of nitrogens with two attached hydrogens (primary N) is 1. The van der Waals surface area contributed by atoms with E-state index in [4.69, 9.17) is 5.73 Å². The number of anilines is 2. The van der Waals surface area contributed by atoms with E-state index in [9.17, 15) is 5.11 Å². The van der Waals surface area contributed by atoms with Crippen molar-refractivity contribution in [1.29, 1.82) is 0 Å². The van der Waals surface area contributed by atoms with Crippen molar-refractivity contribution in [3.05, 3.63) is 30.1 Å². The summed E-state index contributed by atoms with van der Waals surface area (Å²) in [4.78, 5) is 4.28. The largest absolute Gasteiger partial charge is 0.398 e. The Labute approximate surface area is 113 Å². The zero-order valence-electron chi connectivity index (χ0n) is 11.6. The molecule has 2 rings (SSSR count). The highest BCUT2D eigenvalue weighted by Gasteiger charge is 2.10. The Morgan fingerprint density at radius 1 is 1.32 bits per heavy atom. The van der Waals surface area contributed by atoms with Gasteiger partial charge in [-0.1, -0.05) is 13.8 Å². The van der Waals surface area contributed by atoms with E-state index in [1.165, 1.54) is 0 Å². The number of benzene rings is 1. The van der Waals surface area contributed by atoms with Crippen molar-refractivity contribution in [3.8, 4) is 0 Å². The molecule has 1 heterocycles. The minimum absolute atomic E-state index is 0.232. The molecule has 0 saturated heterocycles. The number of nitrogens with zero attached hydrogens (tertiary/aromatic N) is 1. The zero-order chi connectivity index (χ0) is 14.0. The lowest BCUT2D eigenvalue weighted by Crippen LogP contribution is -2.24. The molecule has 1 aromatic carbocycles. The molecule has 2 aromatic rings. The van der Waals surface area contributed by atoms with Crippen LogP contribution in [0.5, 0.6) is 0 Å². The minimum atomic E-state index is -0.365. The summed E-state index contributed by atoms with van der Waals surface area (Å²) in [5, 5.41) is 15.1. The number of nitrogen functional groups attached to an aromatic ring is 1. The molecule has 4 N–H and O–H groups in total. The fourth-order valence-electron chi connectivity index (χ4n) is 1.97. The van der Waals surface area contributed by atoms with Crippen molar-refractivity contribution in [2.75, 3.05) is 17.6 Å². The molecule has 0 radical (unpaired) electrons. The van der Waals surface area contributed by atoms with Crippen molar-refractivity contribution in [2.24, 2.45) is 5.92 Å². The van der Waals surface area contributed by atoms with Gasteiger partial charge in [0, 0.05) is 40.6 Å². The van der Waals surface area contributed by atoms with Crippen LogP contribution >= 0.6 is 0 Å². The standard InChI is InChI=1S/C15H21N3O/c1-9(2)15(19)8-18-14-5-4-13(16)12-7-17-10(3)6-11(12)14/h4-7,9,15,18-19H,8,16H2,1-3H3. The van der Waals surface area contributed by atoms with Crippen molar-refractivity contribution < 1.29 is 5.11 Å². The first-order chi connectivity index (χ1) is 8.99. The zero-order valence-corrected chi connectivity index (χ0v) is 11.6. The Hall–Kier alpha value is -1.81. The minimum Gasteiger partial charge on any atom is -0.398 e. The molecule has 0 amide bonds. The van der Waals surface area contributed by atoms with Gasteiger partial charge in [-0.05, 0) is 31.0 Å². The number of fused-ring (bicyclic) bond motifs is 1. The lowest BCUT2D eigenvalue weighted by Gasteiger charge is -2.17. The van der Waals surface area contributed by atoms with Gasteiger partial charge in [-0.2, -0.15) is 0 Å². The first kappa shape index (κ1) is 13.6. The highest BCUT2D eigenvalue weighted by atomic mass is 16.3.